The van der Waals surface area contributed by atoms with Crippen LogP contribution >= 0.6 is 0 Å². The first-order valence-electron chi connectivity index (χ1n) is 9.78. The van der Waals surface area contributed by atoms with Gasteiger partial charge in [0.15, 0.2) is 0 Å². The normalized spacial score (nSPS) is 18.3. The maximum Gasteiger partial charge on any atom is 0.492 e. The number of nitriles is 1. The van der Waals surface area contributed by atoms with Gasteiger partial charge in [-0.1, -0.05) is 23.8 Å². The fourth-order valence-electron chi connectivity index (χ4n) is 2.79. The molecule has 1 aliphatic rings. The molecule has 0 radical (unpaired) electrons. The Labute approximate surface area is 174 Å². The molecule has 29 heavy (non-hydrogen) atoms. The van der Waals surface area contributed by atoms with Crippen molar-refractivity contribution in [2.75, 3.05) is 6.54 Å². The minimum absolute atomic E-state index is 0.171. The summed E-state index contributed by atoms with van der Waals surface area (Å²) in [5.74, 6) is 0. The van der Waals surface area contributed by atoms with Gasteiger partial charge in [0.2, 0.25) is 0 Å². The van der Waals surface area contributed by atoms with Crippen molar-refractivity contribution in [2.24, 2.45) is 0 Å². The number of nitrogens with one attached hydrogen (secondary N) is 1. The Morgan fingerprint density at radius 1 is 1.24 bits per heavy atom. The summed E-state index contributed by atoms with van der Waals surface area (Å²) in [7, 11) is -0.651. The van der Waals surface area contributed by atoms with E-state index in [-0.39, 0.29) is 6.54 Å². The topological polar surface area (TPSA) is 80.6 Å². The second kappa shape index (κ2) is 8.21. The lowest BCUT2D eigenvalue weighted by molar-refractivity contribution is 0.00578. The van der Waals surface area contributed by atoms with Crippen molar-refractivity contribution >= 4 is 19.3 Å². The molecule has 1 aromatic carbocycles. The maximum atomic E-state index is 12.2. The number of rotatable bonds is 4. The molecule has 0 aliphatic carbocycles. The van der Waals surface area contributed by atoms with Crippen LogP contribution in [0.4, 0.5) is 4.79 Å². The van der Waals surface area contributed by atoms with E-state index in [9.17, 15) is 10.1 Å². The lowest BCUT2D eigenvalue weighted by Gasteiger charge is -2.32. The van der Waals surface area contributed by atoms with Crippen LogP contribution in [0.25, 0.3) is 6.08 Å². The largest absolute Gasteiger partial charge is 0.492 e. The van der Waals surface area contributed by atoms with E-state index < -0.39 is 30.0 Å². The molecule has 0 atom stereocenters. The summed E-state index contributed by atoms with van der Waals surface area (Å²) in [6, 6.07) is 7.81. The van der Waals surface area contributed by atoms with Crippen LogP contribution in [-0.2, 0) is 14.0 Å². The standard InChI is InChI=1S/C22H31BN2O4/c1-15-9-10-16(13-24)17(11-15)12-18(14-25-19(26)27-20(2,3)4)23-28-21(5,6)22(7,8)29-23/h9-12H,14H2,1-8H3,(H,25,26). The van der Waals surface area contributed by atoms with Gasteiger partial charge in [-0.2, -0.15) is 5.26 Å². The first kappa shape index (κ1) is 23.0. The molecule has 0 bridgehead atoms. The third-order valence-corrected chi connectivity index (χ3v) is 5.06. The van der Waals surface area contributed by atoms with Gasteiger partial charge in [-0.3, -0.25) is 0 Å². The van der Waals surface area contributed by atoms with Crippen molar-refractivity contribution in [1.82, 2.24) is 5.32 Å². The molecule has 1 N–H and O–H groups in total. The molecule has 1 amide bonds. The Balaban J connectivity index is 2.36. The third kappa shape index (κ3) is 5.85. The van der Waals surface area contributed by atoms with Gasteiger partial charge < -0.3 is 19.4 Å². The molecule has 0 saturated carbocycles. The van der Waals surface area contributed by atoms with Gasteiger partial charge in [0.1, 0.15) is 5.60 Å². The summed E-state index contributed by atoms with van der Waals surface area (Å²) in [4.78, 5) is 12.2. The second-order valence-electron chi connectivity index (χ2n) is 9.37. The van der Waals surface area contributed by atoms with Gasteiger partial charge in [0.05, 0.1) is 22.8 Å². The molecule has 0 aromatic heterocycles. The minimum Gasteiger partial charge on any atom is -0.444 e. The number of carbonyl (C=O) groups excluding carboxylic acids is 1. The number of alkyl carbamates (subject to hydrolysis) is 1. The summed E-state index contributed by atoms with van der Waals surface area (Å²) >= 11 is 0. The van der Waals surface area contributed by atoms with Gasteiger partial charge in [0, 0.05) is 6.54 Å². The SMILES string of the molecule is Cc1ccc(C#N)c(C=C(CNC(=O)OC(C)(C)C)B2OC(C)(C)C(C)(C)O2)c1. The fraction of sp³-hybridized carbons (Fsp3) is 0.545. The number of hydrogen-bond acceptors (Lipinski definition) is 5. The molecule has 1 aromatic rings. The lowest BCUT2D eigenvalue weighted by atomic mass is 9.76. The number of amides is 1. The Morgan fingerprint density at radius 3 is 2.34 bits per heavy atom. The molecule has 1 aliphatic heterocycles. The Kier molecular flexibility index (Phi) is 6.51. The Hall–Kier alpha value is -2.30. The zero-order valence-electron chi connectivity index (χ0n) is 18.7. The summed E-state index contributed by atoms with van der Waals surface area (Å²) in [6.07, 6.45) is 1.33. The zero-order valence-corrected chi connectivity index (χ0v) is 18.7. The van der Waals surface area contributed by atoms with Crippen molar-refractivity contribution in [3.63, 3.8) is 0 Å². The van der Waals surface area contributed by atoms with Crippen LogP contribution < -0.4 is 5.32 Å². The van der Waals surface area contributed by atoms with E-state index in [1.807, 2.05) is 73.6 Å². The van der Waals surface area contributed by atoms with Crippen LogP contribution in [0.15, 0.2) is 23.7 Å². The van der Waals surface area contributed by atoms with E-state index >= 15 is 0 Å². The van der Waals surface area contributed by atoms with E-state index in [1.165, 1.54) is 0 Å². The highest BCUT2D eigenvalue weighted by molar-refractivity contribution is 6.56. The van der Waals surface area contributed by atoms with Crippen LogP contribution in [0, 0.1) is 18.3 Å². The van der Waals surface area contributed by atoms with E-state index in [1.54, 1.807) is 6.07 Å². The fourth-order valence-corrected chi connectivity index (χ4v) is 2.79. The number of nitrogens with zero attached hydrogens (tertiary/aromatic N) is 1. The first-order valence-corrected chi connectivity index (χ1v) is 9.78. The Morgan fingerprint density at radius 2 is 1.83 bits per heavy atom. The van der Waals surface area contributed by atoms with Gasteiger partial charge >= 0.3 is 13.2 Å². The monoisotopic (exact) mass is 398 g/mol. The van der Waals surface area contributed by atoms with E-state index in [4.69, 9.17) is 14.0 Å². The average molecular weight is 398 g/mol. The maximum absolute atomic E-state index is 12.2. The van der Waals surface area contributed by atoms with Crippen LogP contribution in [0.3, 0.4) is 0 Å². The molecule has 1 fully saturated rings. The van der Waals surface area contributed by atoms with Crippen LogP contribution in [0.2, 0.25) is 0 Å². The minimum atomic E-state index is -0.651. The molecule has 0 unspecified atom stereocenters. The molecular weight excluding hydrogens is 367 g/mol. The molecule has 156 valence electrons. The van der Waals surface area contributed by atoms with Crippen LogP contribution in [0.5, 0.6) is 0 Å². The summed E-state index contributed by atoms with van der Waals surface area (Å²) < 4.78 is 17.7. The summed E-state index contributed by atoms with van der Waals surface area (Å²) in [5.41, 5.74) is 1.40. The van der Waals surface area contributed by atoms with E-state index in [0.717, 1.165) is 11.1 Å². The molecule has 1 saturated heterocycles. The van der Waals surface area contributed by atoms with Gasteiger partial charge in [-0.25, -0.2) is 4.79 Å². The van der Waals surface area contributed by atoms with Gasteiger partial charge in [-0.05, 0) is 72.5 Å². The first-order chi connectivity index (χ1) is 13.2. The van der Waals surface area contributed by atoms with Crippen molar-refractivity contribution in [1.29, 1.82) is 5.26 Å². The van der Waals surface area contributed by atoms with Crippen molar-refractivity contribution in [3.05, 3.63) is 40.4 Å². The second-order valence-corrected chi connectivity index (χ2v) is 9.37. The van der Waals surface area contributed by atoms with Crippen LogP contribution in [0.1, 0.15) is 65.2 Å². The molecule has 0 spiro atoms. The smallest absolute Gasteiger partial charge is 0.444 e. The highest BCUT2D eigenvalue weighted by atomic mass is 16.7. The number of hydrogen-bond donors (Lipinski definition) is 1. The van der Waals surface area contributed by atoms with E-state index in [0.29, 0.717) is 11.0 Å². The number of benzene rings is 1. The van der Waals surface area contributed by atoms with Crippen molar-refractivity contribution in [3.8, 4) is 6.07 Å². The molecule has 6 nitrogen and oxygen atoms in total. The molecule has 2 rings (SSSR count). The zero-order chi connectivity index (χ0) is 22.0. The molecule has 1 heterocycles. The third-order valence-electron chi connectivity index (χ3n) is 5.06. The quantitative estimate of drug-likeness (QED) is 0.760. The summed E-state index contributed by atoms with van der Waals surface area (Å²) in [5, 5.41) is 12.2. The number of aryl methyl sites for hydroxylation is 1. The number of ether oxygens (including phenoxy) is 1. The molecule has 7 heteroatoms. The van der Waals surface area contributed by atoms with Crippen molar-refractivity contribution in [2.45, 2.75) is 72.2 Å². The Bertz CT molecular complexity index is 831. The average Bonchev–Trinajstić information content (AvgIpc) is 2.77. The summed E-state index contributed by atoms with van der Waals surface area (Å²) in [6.45, 7) is 15.4. The lowest BCUT2D eigenvalue weighted by Crippen LogP contribution is -2.41. The van der Waals surface area contributed by atoms with Gasteiger partial charge in [-0.15, -0.1) is 0 Å². The predicted molar refractivity (Wildman–Crippen MR) is 114 cm³/mol. The van der Waals surface area contributed by atoms with E-state index in [2.05, 4.69) is 11.4 Å². The highest BCUT2D eigenvalue weighted by Gasteiger charge is 2.52. The van der Waals surface area contributed by atoms with Gasteiger partial charge in [0.25, 0.3) is 0 Å². The van der Waals surface area contributed by atoms with Crippen LogP contribution in [-0.4, -0.2) is 36.6 Å². The predicted octanol–water partition coefficient (Wildman–Crippen LogP) is 4.41. The number of carbonyl (C=O) groups is 1. The molecular formula is C22H31BN2O4. The van der Waals surface area contributed by atoms with Crippen molar-refractivity contribution < 1.29 is 18.8 Å². The highest BCUT2D eigenvalue weighted by Crippen LogP contribution is 2.38.